The van der Waals surface area contributed by atoms with Gasteiger partial charge in [-0.2, -0.15) is 5.10 Å². The molecule has 7 nitrogen and oxygen atoms in total. The lowest BCUT2D eigenvalue weighted by molar-refractivity contribution is -0.141. The maximum absolute atomic E-state index is 11.9. The number of carbonyl (C=O) groups is 2. The summed E-state index contributed by atoms with van der Waals surface area (Å²) in [6, 6.07) is -0.478. The summed E-state index contributed by atoms with van der Waals surface area (Å²) in [5.74, 6) is -1.51. The molecule has 0 saturated heterocycles. The first-order valence-electron chi connectivity index (χ1n) is 6.04. The molecule has 0 aliphatic rings. The van der Waals surface area contributed by atoms with E-state index in [1.807, 2.05) is 13.1 Å². The fraction of sp³-hybridized carbons (Fsp3) is 0.583. The Kier molecular flexibility index (Phi) is 4.91. The lowest BCUT2D eigenvalue weighted by atomic mass is 10.2. The number of rotatable bonds is 5. The molecule has 2 N–H and O–H groups in total. The van der Waals surface area contributed by atoms with Crippen LogP contribution in [0, 0.1) is 5.92 Å². The predicted octanol–water partition coefficient (Wildman–Crippen LogP) is 0.843. The van der Waals surface area contributed by atoms with Crippen molar-refractivity contribution in [2.75, 3.05) is 13.6 Å². The quantitative estimate of drug-likeness (QED) is 0.828. The van der Waals surface area contributed by atoms with Crippen molar-refractivity contribution in [3.05, 3.63) is 18.0 Å². The molecule has 0 bridgehead atoms. The molecule has 0 fully saturated rings. The van der Waals surface area contributed by atoms with Crippen molar-refractivity contribution in [2.24, 2.45) is 13.0 Å². The summed E-state index contributed by atoms with van der Waals surface area (Å²) in [6.07, 6.45) is 3.51. The van der Waals surface area contributed by atoms with E-state index in [0.717, 1.165) is 5.56 Å². The van der Waals surface area contributed by atoms with Gasteiger partial charge in [-0.15, -0.1) is 0 Å². The van der Waals surface area contributed by atoms with Gasteiger partial charge in [0.25, 0.3) is 0 Å². The zero-order valence-electron chi connectivity index (χ0n) is 11.6. The Bertz CT molecular complexity index is 458. The van der Waals surface area contributed by atoms with Gasteiger partial charge in [0.05, 0.1) is 18.2 Å². The molecule has 19 heavy (non-hydrogen) atoms. The van der Waals surface area contributed by atoms with E-state index < -0.39 is 11.9 Å². The zero-order valence-corrected chi connectivity index (χ0v) is 11.6. The van der Waals surface area contributed by atoms with Crippen LogP contribution in [-0.4, -0.2) is 45.4 Å². The Hall–Kier alpha value is -2.05. The van der Waals surface area contributed by atoms with Gasteiger partial charge in [-0.3, -0.25) is 9.48 Å². The maximum atomic E-state index is 11.9. The molecule has 2 unspecified atom stereocenters. The van der Waals surface area contributed by atoms with E-state index in [1.165, 1.54) is 4.90 Å². The molecule has 1 aromatic rings. The van der Waals surface area contributed by atoms with Gasteiger partial charge in [-0.05, 0) is 6.92 Å². The lowest BCUT2D eigenvalue weighted by Gasteiger charge is -2.22. The molecule has 106 valence electrons. The number of aromatic nitrogens is 2. The highest BCUT2D eigenvalue weighted by Gasteiger charge is 2.19. The van der Waals surface area contributed by atoms with Gasteiger partial charge in [0.1, 0.15) is 0 Å². The molecular formula is C12H20N4O3. The van der Waals surface area contributed by atoms with Gasteiger partial charge in [0, 0.05) is 32.4 Å². The number of carboxylic acids is 1. The first kappa shape index (κ1) is 15.0. The van der Waals surface area contributed by atoms with Crippen molar-refractivity contribution in [1.29, 1.82) is 0 Å². The highest BCUT2D eigenvalue weighted by atomic mass is 16.4. The van der Waals surface area contributed by atoms with Gasteiger partial charge >= 0.3 is 12.0 Å². The van der Waals surface area contributed by atoms with E-state index in [2.05, 4.69) is 10.4 Å². The SMILES string of the molecule is CC(CN(C)C(=O)NC(C)c1cnn(C)c1)C(=O)O. The van der Waals surface area contributed by atoms with Crippen LogP contribution in [0.3, 0.4) is 0 Å². The third-order valence-corrected chi connectivity index (χ3v) is 2.88. The third-order valence-electron chi connectivity index (χ3n) is 2.88. The molecule has 0 aliphatic carbocycles. The second-order valence-corrected chi connectivity index (χ2v) is 4.74. The van der Waals surface area contributed by atoms with E-state index >= 15 is 0 Å². The maximum Gasteiger partial charge on any atom is 0.317 e. The van der Waals surface area contributed by atoms with Crippen LogP contribution < -0.4 is 5.32 Å². The van der Waals surface area contributed by atoms with Crippen molar-refractivity contribution in [2.45, 2.75) is 19.9 Å². The van der Waals surface area contributed by atoms with Crippen LogP contribution >= 0.6 is 0 Å². The number of urea groups is 1. The van der Waals surface area contributed by atoms with Crippen molar-refractivity contribution in [3.8, 4) is 0 Å². The van der Waals surface area contributed by atoms with Crippen LogP contribution in [0.5, 0.6) is 0 Å². The minimum atomic E-state index is -0.917. The standard InChI is InChI=1S/C12H20N4O3/c1-8(11(17)18)6-15(3)12(19)14-9(2)10-5-13-16(4)7-10/h5,7-9H,6H2,1-4H3,(H,14,19)(H,17,18). The fourth-order valence-electron chi connectivity index (χ4n) is 1.61. The van der Waals surface area contributed by atoms with Crippen LogP contribution in [0.1, 0.15) is 25.5 Å². The van der Waals surface area contributed by atoms with E-state index in [1.54, 1.807) is 31.9 Å². The zero-order chi connectivity index (χ0) is 14.6. The highest BCUT2D eigenvalue weighted by molar-refractivity contribution is 5.76. The van der Waals surface area contributed by atoms with Crippen LogP contribution in [-0.2, 0) is 11.8 Å². The van der Waals surface area contributed by atoms with Crippen molar-refractivity contribution in [1.82, 2.24) is 20.0 Å². The number of carbonyl (C=O) groups excluding carboxylic acids is 1. The van der Waals surface area contributed by atoms with E-state index in [4.69, 9.17) is 5.11 Å². The number of carboxylic acid groups (broad SMARTS) is 1. The summed E-state index contributed by atoms with van der Waals surface area (Å²) in [4.78, 5) is 24.0. The average Bonchev–Trinajstić information content (AvgIpc) is 2.75. The molecule has 0 spiro atoms. The second kappa shape index (κ2) is 6.21. The number of hydrogen-bond acceptors (Lipinski definition) is 3. The third kappa shape index (κ3) is 4.27. The van der Waals surface area contributed by atoms with Gasteiger partial charge in [-0.1, -0.05) is 6.92 Å². The van der Waals surface area contributed by atoms with E-state index in [9.17, 15) is 9.59 Å². The summed E-state index contributed by atoms with van der Waals surface area (Å²) in [5, 5.41) is 15.6. The summed E-state index contributed by atoms with van der Waals surface area (Å²) in [7, 11) is 3.38. The summed E-state index contributed by atoms with van der Waals surface area (Å²) in [6.45, 7) is 3.58. The number of nitrogens with one attached hydrogen (secondary N) is 1. The smallest absolute Gasteiger partial charge is 0.317 e. The highest BCUT2D eigenvalue weighted by Crippen LogP contribution is 2.10. The molecule has 1 rings (SSSR count). The van der Waals surface area contributed by atoms with Gasteiger partial charge in [0.15, 0.2) is 0 Å². The predicted molar refractivity (Wildman–Crippen MR) is 69.6 cm³/mol. The molecule has 0 aliphatic heterocycles. The Morgan fingerprint density at radius 1 is 1.53 bits per heavy atom. The fourth-order valence-corrected chi connectivity index (χ4v) is 1.61. The Balaban J connectivity index is 2.52. The monoisotopic (exact) mass is 268 g/mol. The molecule has 2 amide bonds. The second-order valence-electron chi connectivity index (χ2n) is 4.74. The van der Waals surface area contributed by atoms with Crippen LogP contribution in [0.4, 0.5) is 4.79 Å². The van der Waals surface area contributed by atoms with Gasteiger partial charge in [-0.25, -0.2) is 4.79 Å². The van der Waals surface area contributed by atoms with Crippen LogP contribution in [0.2, 0.25) is 0 Å². The number of aliphatic carboxylic acids is 1. The van der Waals surface area contributed by atoms with E-state index in [-0.39, 0.29) is 18.6 Å². The average molecular weight is 268 g/mol. The molecule has 0 radical (unpaired) electrons. The molecule has 0 aromatic carbocycles. The number of nitrogens with zero attached hydrogens (tertiary/aromatic N) is 3. The first-order chi connectivity index (χ1) is 8.81. The molecule has 7 heteroatoms. The van der Waals surface area contributed by atoms with Gasteiger partial charge in [0.2, 0.25) is 0 Å². The number of aryl methyl sites for hydroxylation is 1. The lowest BCUT2D eigenvalue weighted by Crippen LogP contribution is -2.41. The van der Waals surface area contributed by atoms with E-state index in [0.29, 0.717) is 0 Å². The molecule has 2 atom stereocenters. The normalized spacial score (nSPS) is 13.7. The Morgan fingerprint density at radius 2 is 2.16 bits per heavy atom. The molecule has 0 saturated carbocycles. The van der Waals surface area contributed by atoms with Crippen molar-refractivity contribution < 1.29 is 14.7 Å². The number of hydrogen-bond donors (Lipinski definition) is 2. The topological polar surface area (TPSA) is 87.5 Å². The summed E-state index contributed by atoms with van der Waals surface area (Å²) < 4.78 is 1.66. The van der Waals surface area contributed by atoms with Crippen LogP contribution in [0.15, 0.2) is 12.4 Å². The molecule has 1 aromatic heterocycles. The van der Waals surface area contributed by atoms with Crippen molar-refractivity contribution >= 4 is 12.0 Å². The minimum Gasteiger partial charge on any atom is -0.481 e. The summed E-state index contributed by atoms with van der Waals surface area (Å²) >= 11 is 0. The van der Waals surface area contributed by atoms with Gasteiger partial charge < -0.3 is 15.3 Å². The minimum absolute atomic E-state index is 0.168. The molecule has 1 heterocycles. The largest absolute Gasteiger partial charge is 0.481 e. The van der Waals surface area contributed by atoms with Crippen LogP contribution in [0.25, 0.3) is 0 Å². The molecular weight excluding hydrogens is 248 g/mol. The summed E-state index contributed by atoms with van der Waals surface area (Å²) in [5.41, 5.74) is 0.899. The first-order valence-corrected chi connectivity index (χ1v) is 6.04. The Morgan fingerprint density at radius 3 is 2.63 bits per heavy atom. The number of amides is 2. The Labute approximate surface area is 112 Å². The van der Waals surface area contributed by atoms with Crippen molar-refractivity contribution in [3.63, 3.8) is 0 Å².